The number of morpholine rings is 1. The third kappa shape index (κ3) is 5.95. The zero-order valence-corrected chi connectivity index (χ0v) is 18.1. The van der Waals surface area contributed by atoms with Gasteiger partial charge in [0.05, 0.1) is 13.2 Å². The summed E-state index contributed by atoms with van der Waals surface area (Å²) in [5, 5.41) is 10.9. The van der Waals surface area contributed by atoms with Gasteiger partial charge >= 0.3 is 0 Å². The van der Waals surface area contributed by atoms with Crippen molar-refractivity contribution >= 4 is 18.4 Å². The van der Waals surface area contributed by atoms with Gasteiger partial charge in [0, 0.05) is 30.5 Å². The Kier molecular flexibility index (Phi) is 8.35. The fourth-order valence-electron chi connectivity index (χ4n) is 4.82. The van der Waals surface area contributed by atoms with E-state index >= 15 is 0 Å². The third-order valence-electron chi connectivity index (χ3n) is 6.63. The number of hydrogen-bond donors (Lipinski definition) is 0. The number of hydrogen-bond acceptors (Lipinski definition) is 4. The SMILES string of the molecule is CC1(C)CC1N1CCOCC1.Cl.O=C([O-])CC1(c2ccccc2)CCCCC1. The lowest BCUT2D eigenvalue weighted by Crippen LogP contribution is -2.39. The van der Waals surface area contributed by atoms with Crippen molar-refractivity contribution < 1.29 is 14.6 Å². The van der Waals surface area contributed by atoms with Gasteiger partial charge in [0.1, 0.15) is 0 Å². The van der Waals surface area contributed by atoms with Crippen LogP contribution >= 0.6 is 12.4 Å². The van der Waals surface area contributed by atoms with Crippen LogP contribution in [0.2, 0.25) is 0 Å². The minimum Gasteiger partial charge on any atom is -0.550 e. The van der Waals surface area contributed by atoms with Gasteiger partial charge in [-0.1, -0.05) is 63.4 Å². The maximum absolute atomic E-state index is 10.9. The summed E-state index contributed by atoms with van der Waals surface area (Å²) in [4.78, 5) is 13.5. The second-order valence-corrected chi connectivity index (χ2v) is 9.11. The summed E-state index contributed by atoms with van der Waals surface area (Å²) >= 11 is 0. The topological polar surface area (TPSA) is 52.6 Å². The predicted molar refractivity (Wildman–Crippen MR) is 113 cm³/mol. The zero-order valence-electron chi connectivity index (χ0n) is 17.3. The average molecular weight is 409 g/mol. The van der Waals surface area contributed by atoms with Crippen LogP contribution in [0.1, 0.15) is 64.4 Å². The van der Waals surface area contributed by atoms with Crippen LogP contribution in [0.5, 0.6) is 0 Å². The first-order valence-corrected chi connectivity index (χ1v) is 10.5. The molecule has 1 atom stereocenters. The summed E-state index contributed by atoms with van der Waals surface area (Å²) < 4.78 is 5.30. The van der Waals surface area contributed by atoms with Crippen LogP contribution in [0.15, 0.2) is 30.3 Å². The molecule has 0 amide bonds. The molecular formula is C23H35ClNO3-. The van der Waals surface area contributed by atoms with E-state index in [1.807, 2.05) is 30.3 Å². The van der Waals surface area contributed by atoms with Gasteiger partial charge in [0.25, 0.3) is 0 Å². The quantitative estimate of drug-likeness (QED) is 0.764. The molecule has 0 spiro atoms. The minimum atomic E-state index is -0.925. The molecular weight excluding hydrogens is 374 g/mol. The Hall–Kier alpha value is -1.10. The lowest BCUT2D eigenvalue weighted by Gasteiger charge is -2.38. The van der Waals surface area contributed by atoms with Crippen molar-refractivity contribution in [2.24, 2.45) is 5.41 Å². The molecule has 1 aromatic rings. The summed E-state index contributed by atoms with van der Waals surface area (Å²) in [6.07, 6.45) is 6.98. The van der Waals surface area contributed by atoms with E-state index in [4.69, 9.17) is 4.74 Å². The van der Waals surface area contributed by atoms with Crippen LogP contribution in [0.25, 0.3) is 0 Å². The highest BCUT2D eigenvalue weighted by molar-refractivity contribution is 5.85. The van der Waals surface area contributed by atoms with Crippen LogP contribution in [0.3, 0.4) is 0 Å². The molecule has 0 radical (unpaired) electrons. The van der Waals surface area contributed by atoms with Gasteiger partial charge in [-0.25, -0.2) is 0 Å². The van der Waals surface area contributed by atoms with Crippen LogP contribution < -0.4 is 5.11 Å². The average Bonchev–Trinajstić information content (AvgIpc) is 3.32. The first kappa shape index (κ1) is 23.2. The van der Waals surface area contributed by atoms with Gasteiger partial charge in [0.2, 0.25) is 0 Å². The Morgan fingerprint density at radius 3 is 2.18 bits per heavy atom. The van der Waals surface area contributed by atoms with Crippen molar-refractivity contribution in [2.45, 2.75) is 70.3 Å². The van der Waals surface area contributed by atoms with E-state index in [-0.39, 0.29) is 24.2 Å². The monoisotopic (exact) mass is 408 g/mol. The number of carboxylic acids is 1. The molecule has 1 aliphatic heterocycles. The molecule has 0 bridgehead atoms. The first-order valence-electron chi connectivity index (χ1n) is 10.5. The standard InChI is InChI=1S/C14H18O2.C9H17NO.ClH/c15-13(16)11-14(9-5-2-6-10-14)12-7-3-1-4-8-12;1-9(2)7-8(9)10-3-5-11-6-4-10;/h1,3-4,7-8H,2,5-6,9-11H2,(H,15,16);8H,3-7H2,1-2H3;1H/p-1. The molecule has 3 fully saturated rings. The third-order valence-corrected chi connectivity index (χ3v) is 6.63. The van der Waals surface area contributed by atoms with E-state index < -0.39 is 5.97 Å². The summed E-state index contributed by atoms with van der Waals surface area (Å²) in [5.74, 6) is -0.925. The molecule has 4 nitrogen and oxygen atoms in total. The van der Waals surface area contributed by atoms with Crippen LogP contribution in [0.4, 0.5) is 0 Å². The predicted octanol–water partition coefficient (Wildman–Crippen LogP) is 3.57. The van der Waals surface area contributed by atoms with E-state index in [9.17, 15) is 9.90 Å². The summed E-state index contributed by atoms with van der Waals surface area (Å²) in [6.45, 7) is 8.88. The van der Waals surface area contributed by atoms with Crippen LogP contribution in [-0.4, -0.2) is 43.2 Å². The Balaban J connectivity index is 0.000000205. The molecule has 0 N–H and O–H groups in total. The molecule has 2 aliphatic carbocycles. The van der Waals surface area contributed by atoms with E-state index in [0.717, 1.165) is 58.0 Å². The van der Waals surface area contributed by atoms with E-state index in [1.165, 1.54) is 18.4 Å². The Labute approximate surface area is 176 Å². The fourth-order valence-corrected chi connectivity index (χ4v) is 4.82. The Morgan fingerprint density at radius 1 is 1.11 bits per heavy atom. The van der Waals surface area contributed by atoms with E-state index in [0.29, 0.717) is 5.41 Å². The van der Waals surface area contributed by atoms with E-state index in [1.54, 1.807) is 0 Å². The maximum atomic E-state index is 10.9. The maximum Gasteiger partial charge on any atom is 0.0594 e. The fraction of sp³-hybridized carbons (Fsp3) is 0.696. The van der Waals surface area contributed by atoms with Crippen LogP contribution in [-0.2, 0) is 14.9 Å². The Morgan fingerprint density at radius 2 is 1.68 bits per heavy atom. The molecule has 0 aromatic heterocycles. The lowest BCUT2D eigenvalue weighted by atomic mass is 9.67. The molecule has 1 unspecified atom stereocenters. The molecule has 1 saturated heterocycles. The molecule has 158 valence electrons. The molecule has 4 rings (SSSR count). The number of aliphatic carboxylic acids is 1. The number of carbonyl (C=O) groups is 1. The van der Waals surface area contributed by atoms with Crippen molar-refractivity contribution in [3.8, 4) is 0 Å². The molecule has 2 saturated carbocycles. The van der Waals surface area contributed by atoms with Gasteiger partial charge in [-0.2, -0.15) is 0 Å². The molecule has 3 aliphatic rings. The molecule has 5 heteroatoms. The van der Waals surface area contributed by atoms with Gasteiger partial charge in [-0.3, -0.25) is 4.90 Å². The van der Waals surface area contributed by atoms with Crippen molar-refractivity contribution in [3.05, 3.63) is 35.9 Å². The van der Waals surface area contributed by atoms with Crippen LogP contribution in [0, 0.1) is 5.41 Å². The van der Waals surface area contributed by atoms with E-state index in [2.05, 4.69) is 18.7 Å². The molecule has 1 heterocycles. The van der Waals surface area contributed by atoms with Gasteiger partial charge in [-0.15, -0.1) is 12.4 Å². The summed E-state index contributed by atoms with van der Waals surface area (Å²) in [6, 6.07) is 10.9. The largest absolute Gasteiger partial charge is 0.550 e. The number of carboxylic acid groups (broad SMARTS) is 1. The second kappa shape index (κ2) is 10.1. The number of benzene rings is 1. The number of carbonyl (C=O) groups excluding carboxylic acids is 1. The first-order chi connectivity index (χ1) is 12.9. The summed E-state index contributed by atoms with van der Waals surface area (Å²) in [5.41, 5.74) is 1.59. The second-order valence-electron chi connectivity index (χ2n) is 9.11. The normalized spacial score (nSPS) is 25.6. The number of rotatable bonds is 4. The van der Waals surface area contributed by atoms with Gasteiger partial charge < -0.3 is 14.6 Å². The highest BCUT2D eigenvalue weighted by Gasteiger charge is 2.49. The van der Waals surface area contributed by atoms with Crippen molar-refractivity contribution in [1.82, 2.24) is 4.90 Å². The van der Waals surface area contributed by atoms with Crippen molar-refractivity contribution in [3.63, 3.8) is 0 Å². The number of ether oxygens (including phenoxy) is 1. The van der Waals surface area contributed by atoms with Crippen molar-refractivity contribution in [1.29, 1.82) is 0 Å². The smallest absolute Gasteiger partial charge is 0.0594 e. The number of nitrogens with zero attached hydrogens (tertiary/aromatic N) is 1. The highest BCUT2D eigenvalue weighted by Crippen LogP contribution is 2.48. The minimum absolute atomic E-state index is 0. The highest BCUT2D eigenvalue weighted by atomic mass is 35.5. The van der Waals surface area contributed by atoms with Gasteiger partial charge in [-0.05, 0) is 36.7 Å². The molecule has 28 heavy (non-hydrogen) atoms. The van der Waals surface area contributed by atoms with Crippen molar-refractivity contribution in [2.75, 3.05) is 26.3 Å². The van der Waals surface area contributed by atoms with Gasteiger partial charge in [0.15, 0.2) is 0 Å². The Bertz CT molecular complexity index is 608. The zero-order chi connectivity index (χ0) is 19.3. The lowest BCUT2D eigenvalue weighted by molar-refractivity contribution is -0.307. The molecule has 1 aromatic carbocycles. The number of halogens is 1. The summed E-state index contributed by atoms with van der Waals surface area (Å²) in [7, 11) is 0.